The van der Waals surface area contributed by atoms with Gasteiger partial charge in [-0.2, -0.15) is 0 Å². The van der Waals surface area contributed by atoms with Gasteiger partial charge in [0.05, 0.1) is 16.6 Å². The molecule has 180 valence electrons. The van der Waals surface area contributed by atoms with Crippen molar-refractivity contribution in [3.63, 3.8) is 0 Å². The molecule has 2 heterocycles. The lowest BCUT2D eigenvalue weighted by molar-refractivity contribution is -0.135. The maximum Gasteiger partial charge on any atom is 0.333 e. The summed E-state index contributed by atoms with van der Waals surface area (Å²) in [6, 6.07) is 10.9. The van der Waals surface area contributed by atoms with Crippen LogP contribution in [0.2, 0.25) is 5.02 Å². The topological polar surface area (TPSA) is 88.1 Å². The average Bonchev–Trinajstić information content (AvgIpc) is 2.79. The fourth-order valence-electron chi connectivity index (χ4n) is 4.55. The maximum atomic E-state index is 12.1. The third-order valence-corrected chi connectivity index (χ3v) is 6.74. The predicted molar refractivity (Wildman–Crippen MR) is 130 cm³/mol. The van der Waals surface area contributed by atoms with Gasteiger partial charge in [0.15, 0.2) is 0 Å². The van der Waals surface area contributed by atoms with Crippen LogP contribution in [0, 0.1) is 13.8 Å². The van der Waals surface area contributed by atoms with E-state index in [2.05, 4.69) is 5.32 Å². The van der Waals surface area contributed by atoms with E-state index in [1.807, 2.05) is 50.2 Å². The quantitative estimate of drug-likeness (QED) is 0.580. The maximum absolute atomic E-state index is 12.1. The molecule has 1 saturated heterocycles. The number of ether oxygens (including phenoxy) is 2. The van der Waals surface area contributed by atoms with Gasteiger partial charge >= 0.3 is 5.97 Å². The molecule has 0 unspecified atom stereocenters. The zero-order valence-corrected chi connectivity index (χ0v) is 20.3. The molecule has 2 aliphatic heterocycles. The standard InChI is InChI=1S/C26H29ClN2O5/c1-15-10-22(27)24(11-16(15)2)34-9-8-33-20-6-4-18(5-7-20)21-12-19-13-29(17(3)30)14-23(28-19)25(21)26(31)32/h4-7,10-11,19,23,28H,8-9,12-14H2,1-3H3,(H,31,32)/t19-,23-/m1/s1. The highest BCUT2D eigenvalue weighted by Crippen LogP contribution is 2.34. The van der Waals surface area contributed by atoms with Crippen molar-refractivity contribution >= 4 is 29.1 Å². The monoisotopic (exact) mass is 484 g/mol. The Morgan fingerprint density at radius 1 is 1.09 bits per heavy atom. The first kappa shape index (κ1) is 24.1. The van der Waals surface area contributed by atoms with Crippen LogP contribution in [0.5, 0.6) is 11.5 Å². The number of amides is 1. The van der Waals surface area contributed by atoms with Crippen LogP contribution < -0.4 is 14.8 Å². The number of rotatable bonds is 7. The van der Waals surface area contributed by atoms with Crippen LogP contribution in [-0.2, 0) is 9.59 Å². The van der Waals surface area contributed by atoms with Crippen LogP contribution in [0.1, 0.15) is 30.0 Å². The second kappa shape index (κ2) is 10.1. The number of halogens is 1. The summed E-state index contributed by atoms with van der Waals surface area (Å²) in [6.07, 6.45) is 0.548. The molecule has 2 bridgehead atoms. The lowest BCUT2D eigenvalue weighted by Gasteiger charge is -2.43. The van der Waals surface area contributed by atoms with Crippen molar-refractivity contribution in [2.24, 2.45) is 0 Å². The first-order valence-corrected chi connectivity index (χ1v) is 11.7. The SMILES string of the molecule is CC(=O)N1C[C@H]2CC(c3ccc(OCCOc4cc(C)c(C)cc4Cl)cc3)=C(C(=O)O)[C@@H](C1)N2. The molecule has 0 aliphatic carbocycles. The van der Waals surface area contributed by atoms with Gasteiger partial charge < -0.3 is 24.8 Å². The molecule has 1 amide bonds. The Morgan fingerprint density at radius 2 is 1.76 bits per heavy atom. The van der Waals surface area contributed by atoms with Crippen molar-refractivity contribution in [2.45, 2.75) is 39.3 Å². The van der Waals surface area contributed by atoms with Crippen molar-refractivity contribution in [3.8, 4) is 11.5 Å². The molecular formula is C26H29ClN2O5. The van der Waals surface area contributed by atoms with Gasteiger partial charge in [0.25, 0.3) is 0 Å². The minimum absolute atomic E-state index is 0.0324. The Bertz CT molecular complexity index is 1130. The highest BCUT2D eigenvalue weighted by molar-refractivity contribution is 6.32. The van der Waals surface area contributed by atoms with Crippen molar-refractivity contribution in [2.75, 3.05) is 26.3 Å². The number of nitrogens with zero attached hydrogens (tertiary/aromatic N) is 1. The van der Waals surface area contributed by atoms with Crippen LogP contribution in [0.4, 0.5) is 0 Å². The number of hydrogen-bond donors (Lipinski definition) is 2. The van der Waals surface area contributed by atoms with Crippen LogP contribution in [0.25, 0.3) is 5.57 Å². The second-order valence-electron chi connectivity index (χ2n) is 8.83. The van der Waals surface area contributed by atoms with E-state index in [1.165, 1.54) is 6.92 Å². The molecule has 1 fully saturated rings. The van der Waals surface area contributed by atoms with Gasteiger partial charge in [-0.15, -0.1) is 0 Å². The van der Waals surface area contributed by atoms with Crippen molar-refractivity contribution < 1.29 is 24.2 Å². The predicted octanol–water partition coefficient (Wildman–Crippen LogP) is 3.85. The fraction of sp³-hybridized carbons (Fsp3) is 0.385. The number of carboxylic acid groups (broad SMARTS) is 1. The molecule has 7 nitrogen and oxygen atoms in total. The molecule has 0 saturated carbocycles. The third kappa shape index (κ3) is 5.21. The minimum atomic E-state index is -0.959. The van der Waals surface area contributed by atoms with E-state index >= 15 is 0 Å². The van der Waals surface area contributed by atoms with Crippen molar-refractivity contribution in [1.29, 1.82) is 0 Å². The smallest absolute Gasteiger partial charge is 0.333 e. The Balaban J connectivity index is 1.41. The normalized spacial score (nSPS) is 19.7. The lowest BCUT2D eigenvalue weighted by Crippen LogP contribution is -2.61. The number of carbonyl (C=O) groups is 2. The summed E-state index contributed by atoms with van der Waals surface area (Å²) in [4.78, 5) is 25.6. The van der Waals surface area contributed by atoms with E-state index < -0.39 is 5.97 Å². The molecule has 0 aromatic heterocycles. The summed E-state index contributed by atoms with van der Waals surface area (Å²) in [6.45, 7) is 7.17. The molecular weight excluding hydrogens is 456 g/mol. The molecule has 2 N–H and O–H groups in total. The molecule has 0 radical (unpaired) electrons. The number of aryl methyl sites for hydroxylation is 2. The number of carbonyl (C=O) groups excluding carboxylic acids is 1. The Hall–Kier alpha value is -3.03. The van der Waals surface area contributed by atoms with Gasteiger partial charge in [0.1, 0.15) is 24.7 Å². The molecule has 2 aromatic rings. The zero-order chi connectivity index (χ0) is 24.4. The van der Waals surface area contributed by atoms with Crippen LogP contribution >= 0.6 is 11.6 Å². The Labute approximate surface area is 204 Å². The van der Waals surface area contributed by atoms with E-state index in [0.29, 0.717) is 54.8 Å². The number of nitrogens with one attached hydrogen (secondary N) is 1. The molecule has 4 rings (SSSR count). The highest BCUT2D eigenvalue weighted by atomic mass is 35.5. The summed E-state index contributed by atoms with van der Waals surface area (Å²) in [7, 11) is 0. The number of benzene rings is 2. The van der Waals surface area contributed by atoms with Gasteiger partial charge in [-0.25, -0.2) is 4.79 Å². The summed E-state index contributed by atoms with van der Waals surface area (Å²) < 4.78 is 11.6. The van der Waals surface area contributed by atoms with E-state index in [9.17, 15) is 14.7 Å². The number of hydrogen-bond acceptors (Lipinski definition) is 5. The van der Waals surface area contributed by atoms with Gasteiger partial charge in [-0.1, -0.05) is 23.7 Å². The van der Waals surface area contributed by atoms with Crippen molar-refractivity contribution in [1.82, 2.24) is 10.2 Å². The van der Waals surface area contributed by atoms with E-state index in [-0.39, 0.29) is 18.0 Å². The first-order valence-electron chi connectivity index (χ1n) is 11.3. The van der Waals surface area contributed by atoms with Crippen LogP contribution in [0.3, 0.4) is 0 Å². The van der Waals surface area contributed by atoms with Gasteiger partial charge in [-0.05, 0) is 66.8 Å². The van der Waals surface area contributed by atoms with Crippen molar-refractivity contribution in [3.05, 3.63) is 63.7 Å². The van der Waals surface area contributed by atoms with E-state index in [4.69, 9.17) is 21.1 Å². The molecule has 0 spiro atoms. The number of aliphatic carboxylic acids is 1. The Morgan fingerprint density at radius 3 is 2.44 bits per heavy atom. The summed E-state index contributed by atoms with van der Waals surface area (Å²) in [5, 5.41) is 13.8. The summed E-state index contributed by atoms with van der Waals surface area (Å²) in [5.74, 6) is 0.318. The molecule has 34 heavy (non-hydrogen) atoms. The highest BCUT2D eigenvalue weighted by Gasteiger charge is 2.39. The second-order valence-corrected chi connectivity index (χ2v) is 9.24. The van der Waals surface area contributed by atoms with Crippen LogP contribution in [-0.4, -0.2) is 60.3 Å². The largest absolute Gasteiger partial charge is 0.490 e. The fourth-order valence-corrected chi connectivity index (χ4v) is 4.83. The Kier molecular flexibility index (Phi) is 7.14. The summed E-state index contributed by atoms with van der Waals surface area (Å²) in [5.41, 5.74) is 4.22. The summed E-state index contributed by atoms with van der Waals surface area (Å²) >= 11 is 6.25. The number of carboxylic acids is 1. The third-order valence-electron chi connectivity index (χ3n) is 6.44. The minimum Gasteiger partial charge on any atom is -0.490 e. The molecule has 2 aromatic carbocycles. The molecule has 2 aliphatic rings. The average molecular weight is 485 g/mol. The van der Waals surface area contributed by atoms with E-state index in [0.717, 1.165) is 22.3 Å². The van der Waals surface area contributed by atoms with Gasteiger partial charge in [0, 0.05) is 26.1 Å². The lowest BCUT2D eigenvalue weighted by atomic mass is 9.83. The first-order chi connectivity index (χ1) is 16.2. The van der Waals surface area contributed by atoms with Crippen LogP contribution in [0.15, 0.2) is 42.0 Å². The molecule has 8 heteroatoms. The van der Waals surface area contributed by atoms with E-state index in [1.54, 1.807) is 4.90 Å². The van der Waals surface area contributed by atoms with Gasteiger partial charge in [0.2, 0.25) is 5.91 Å². The zero-order valence-electron chi connectivity index (χ0n) is 19.6. The number of piperazine rings is 1. The molecule has 2 atom stereocenters. The van der Waals surface area contributed by atoms with Gasteiger partial charge in [-0.3, -0.25) is 4.79 Å². The number of fused-ring (bicyclic) bond motifs is 2.